The van der Waals surface area contributed by atoms with E-state index in [1.807, 2.05) is 19.6 Å². The fourth-order valence-electron chi connectivity index (χ4n) is 3.84. The van der Waals surface area contributed by atoms with Crippen LogP contribution in [0.25, 0.3) is 0 Å². The van der Waals surface area contributed by atoms with Crippen molar-refractivity contribution in [3.63, 3.8) is 0 Å². The van der Waals surface area contributed by atoms with Crippen LogP contribution in [0.1, 0.15) is 43.8 Å². The third-order valence-corrected chi connectivity index (χ3v) is 4.68. The Bertz CT molecular complexity index is 371. The van der Waals surface area contributed by atoms with E-state index in [1.54, 1.807) is 0 Å². The van der Waals surface area contributed by atoms with E-state index in [0.717, 1.165) is 24.2 Å². The van der Waals surface area contributed by atoms with E-state index in [2.05, 4.69) is 9.55 Å². The molecule has 2 N–H and O–H groups in total. The van der Waals surface area contributed by atoms with Gasteiger partial charge >= 0.3 is 0 Å². The molecular formula is C13H21N3. The summed E-state index contributed by atoms with van der Waals surface area (Å²) in [4.78, 5) is 4.15. The number of nitrogens with two attached hydrogens (primary N) is 1. The molecule has 3 heteroatoms. The van der Waals surface area contributed by atoms with Crippen molar-refractivity contribution in [1.82, 2.24) is 9.55 Å². The van der Waals surface area contributed by atoms with Crippen molar-refractivity contribution in [3.8, 4) is 0 Å². The van der Waals surface area contributed by atoms with Crippen molar-refractivity contribution in [2.75, 3.05) is 0 Å². The van der Waals surface area contributed by atoms with Crippen LogP contribution in [0.2, 0.25) is 0 Å². The molecule has 0 aliphatic heterocycles. The van der Waals surface area contributed by atoms with Gasteiger partial charge in [-0.3, -0.25) is 0 Å². The van der Waals surface area contributed by atoms with Crippen LogP contribution in [-0.4, -0.2) is 9.55 Å². The summed E-state index contributed by atoms with van der Waals surface area (Å²) in [7, 11) is 2.03. The molecule has 1 aromatic rings. The molecule has 16 heavy (non-hydrogen) atoms. The highest BCUT2D eigenvalue weighted by molar-refractivity contribution is 5.05. The summed E-state index contributed by atoms with van der Waals surface area (Å²) >= 11 is 0. The molecule has 0 spiro atoms. The second-order valence-corrected chi connectivity index (χ2v) is 5.71. The third kappa shape index (κ3) is 1.67. The minimum atomic E-state index is 0.178. The van der Waals surface area contributed by atoms with Gasteiger partial charge in [0.1, 0.15) is 0 Å². The van der Waals surface area contributed by atoms with Crippen molar-refractivity contribution in [3.05, 3.63) is 18.2 Å². The molecule has 0 saturated heterocycles. The number of hydrogen-bond acceptors (Lipinski definition) is 2. The van der Waals surface area contributed by atoms with Crippen LogP contribution in [0.3, 0.4) is 0 Å². The molecular weight excluding hydrogens is 198 g/mol. The van der Waals surface area contributed by atoms with E-state index in [4.69, 9.17) is 5.73 Å². The zero-order valence-corrected chi connectivity index (χ0v) is 9.97. The first kappa shape index (κ1) is 10.3. The third-order valence-electron chi connectivity index (χ3n) is 4.68. The van der Waals surface area contributed by atoms with Gasteiger partial charge in [-0.25, -0.2) is 4.98 Å². The number of aromatic nitrogens is 2. The lowest BCUT2D eigenvalue weighted by molar-refractivity contribution is 0.293. The molecule has 4 atom stereocenters. The Morgan fingerprint density at radius 3 is 2.94 bits per heavy atom. The predicted molar refractivity (Wildman–Crippen MR) is 63.7 cm³/mol. The molecule has 0 radical (unpaired) electrons. The number of nitrogens with zero attached hydrogens (tertiary/aromatic N) is 2. The van der Waals surface area contributed by atoms with Gasteiger partial charge in [0.25, 0.3) is 0 Å². The normalized spacial score (nSPS) is 34.5. The molecule has 88 valence electrons. The molecule has 4 unspecified atom stereocenters. The molecule has 3 nitrogen and oxygen atoms in total. The molecule has 1 heterocycles. The van der Waals surface area contributed by atoms with Gasteiger partial charge in [-0.15, -0.1) is 0 Å². The van der Waals surface area contributed by atoms with Gasteiger partial charge in [0.15, 0.2) is 0 Å². The van der Waals surface area contributed by atoms with Crippen LogP contribution in [0, 0.1) is 17.8 Å². The van der Waals surface area contributed by atoms with Gasteiger partial charge in [-0.1, -0.05) is 6.42 Å². The monoisotopic (exact) mass is 219 g/mol. The largest absolute Gasteiger partial charge is 0.336 e. The molecule has 2 aliphatic rings. The van der Waals surface area contributed by atoms with E-state index in [1.165, 1.54) is 31.4 Å². The molecule has 3 rings (SSSR count). The minimum Gasteiger partial charge on any atom is -0.336 e. The topological polar surface area (TPSA) is 43.8 Å². The zero-order valence-electron chi connectivity index (χ0n) is 9.97. The Hall–Kier alpha value is -0.830. The van der Waals surface area contributed by atoms with Gasteiger partial charge < -0.3 is 10.3 Å². The minimum absolute atomic E-state index is 0.178. The maximum absolute atomic E-state index is 6.29. The summed E-state index contributed by atoms with van der Waals surface area (Å²) < 4.78 is 2.05. The van der Waals surface area contributed by atoms with E-state index >= 15 is 0 Å². The highest BCUT2D eigenvalue weighted by atomic mass is 15.0. The van der Waals surface area contributed by atoms with E-state index in [-0.39, 0.29) is 6.04 Å². The first-order valence-corrected chi connectivity index (χ1v) is 6.46. The van der Waals surface area contributed by atoms with Crippen LogP contribution >= 0.6 is 0 Å². The van der Waals surface area contributed by atoms with Gasteiger partial charge in [0.2, 0.25) is 0 Å². The number of aryl methyl sites for hydroxylation is 1. The second kappa shape index (κ2) is 3.88. The molecule has 1 aromatic heterocycles. The lowest BCUT2D eigenvalue weighted by Gasteiger charge is -2.24. The second-order valence-electron chi connectivity index (χ2n) is 5.71. The van der Waals surface area contributed by atoms with Crippen molar-refractivity contribution in [2.24, 2.45) is 30.5 Å². The Labute approximate surface area is 97.0 Å². The van der Waals surface area contributed by atoms with Crippen molar-refractivity contribution in [1.29, 1.82) is 0 Å². The average Bonchev–Trinajstić information content (AvgIpc) is 2.92. The van der Waals surface area contributed by atoms with Gasteiger partial charge in [0.05, 0.1) is 12.0 Å². The summed E-state index contributed by atoms with van der Waals surface area (Å²) in [5, 5.41) is 0. The summed E-state index contributed by atoms with van der Waals surface area (Å²) in [6.07, 6.45) is 10.7. The SMILES string of the molecule is Cn1cncc1C(N)CC1CC2CCC1C2. The zero-order chi connectivity index (χ0) is 11.1. The van der Waals surface area contributed by atoms with Crippen molar-refractivity contribution in [2.45, 2.75) is 38.1 Å². The Balaban J connectivity index is 1.65. The van der Waals surface area contributed by atoms with E-state index < -0.39 is 0 Å². The fraction of sp³-hybridized carbons (Fsp3) is 0.769. The van der Waals surface area contributed by atoms with Crippen LogP contribution in [-0.2, 0) is 7.05 Å². The lowest BCUT2D eigenvalue weighted by atomic mass is 9.84. The summed E-state index contributed by atoms with van der Waals surface area (Å²) in [5.74, 6) is 2.88. The summed E-state index contributed by atoms with van der Waals surface area (Å²) in [6, 6.07) is 0.178. The highest BCUT2D eigenvalue weighted by Crippen LogP contribution is 2.50. The first-order chi connectivity index (χ1) is 7.74. The lowest BCUT2D eigenvalue weighted by Crippen LogP contribution is -2.21. The molecule has 0 aromatic carbocycles. The number of rotatable bonds is 3. The molecule has 2 saturated carbocycles. The molecule has 2 aliphatic carbocycles. The fourth-order valence-corrected chi connectivity index (χ4v) is 3.84. The van der Waals surface area contributed by atoms with Crippen molar-refractivity contribution >= 4 is 0 Å². The van der Waals surface area contributed by atoms with Crippen LogP contribution in [0.4, 0.5) is 0 Å². The average molecular weight is 219 g/mol. The van der Waals surface area contributed by atoms with Gasteiger partial charge in [-0.05, 0) is 43.4 Å². The molecule has 0 amide bonds. The molecule has 2 fully saturated rings. The van der Waals surface area contributed by atoms with Gasteiger partial charge in [-0.2, -0.15) is 0 Å². The molecule has 2 bridgehead atoms. The Morgan fingerprint density at radius 1 is 1.50 bits per heavy atom. The van der Waals surface area contributed by atoms with Crippen molar-refractivity contribution < 1.29 is 0 Å². The number of imidazole rings is 1. The van der Waals surface area contributed by atoms with Gasteiger partial charge in [0, 0.05) is 19.3 Å². The van der Waals surface area contributed by atoms with E-state index in [9.17, 15) is 0 Å². The van der Waals surface area contributed by atoms with E-state index in [0.29, 0.717) is 0 Å². The predicted octanol–water partition coefficient (Wildman–Crippen LogP) is 2.25. The maximum atomic E-state index is 6.29. The summed E-state index contributed by atoms with van der Waals surface area (Å²) in [5.41, 5.74) is 7.47. The quantitative estimate of drug-likeness (QED) is 0.847. The Kier molecular flexibility index (Phi) is 2.51. The first-order valence-electron chi connectivity index (χ1n) is 6.46. The van der Waals surface area contributed by atoms with Crippen LogP contribution in [0.15, 0.2) is 12.5 Å². The van der Waals surface area contributed by atoms with Crippen LogP contribution < -0.4 is 5.73 Å². The summed E-state index contributed by atoms with van der Waals surface area (Å²) in [6.45, 7) is 0. The Morgan fingerprint density at radius 2 is 2.38 bits per heavy atom. The smallest absolute Gasteiger partial charge is 0.0946 e. The number of fused-ring (bicyclic) bond motifs is 2. The number of hydrogen-bond donors (Lipinski definition) is 1. The highest BCUT2D eigenvalue weighted by Gasteiger charge is 2.39. The maximum Gasteiger partial charge on any atom is 0.0946 e. The van der Waals surface area contributed by atoms with Crippen LogP contribution in [0.5, 0.6) is 0 Å². The standard InChI is InChI=1S/C13H21N3/c1-16-8-15-7-13(16)12(14)6-11-5-9-2-3-10(11)4-9/h7-12H,2-6,14H2,1H3.